The Morgan fingerprint density at radius 1 is 0.968 bits per heavy atom. The first kappa shape index (κ1) is 21.8. The second kappa shape index (κ2) is 9.71. The predicted octanol–water partition coefficient (Wildman–Crippen LogP) is 2.91. The van der Waals surface area contributed by atoms with E-state index < -0.39 is 26.8 Å². The van der Waals surface area contributed by atoms with Crippen LogP contribution in [0.4, 0.5) is 5.69 Å². The molecular formula is C24H19NO5S. The lowest BCUT2D eigenvalue weighted by Crippen LogP contribution is -2.10. The summed E-state index contributed by atoms with van der Waals surface area (Å²) in [6, 6.07) is 17.7. The van der Waals surface area contributed by atoms with Crippen molar-refractivity contribution in [2.24, 2.45) is 0 Å². The average molecular weight is 433 g/mol. The van der Waals surface area contributed by atoms with Gasteiger partial charge in [-0.25, -0.2) is 8.42 Å². The molecule has 0 aliphatic carbocycles. The third kappa shape index (κ3) is 6.81. The molecule has 31 heavy (non-hydrogen) atoms. The third-order valence-electron chi connectivity index (χ3n) is 4.04. The molecule has 156 valence electrons. The lowest BCUT2D eigenvalue weighted by atomic mass is 10.2. The summed E-state index contributed by atoms with van der Waals surface area (Å²) in [7, 11) is -3.38. The third-order valence-corrected chi connectivity index (χ3v) is 4.85. The molecule has 0 atom stereocenters. The molecule has 0 saturated heterocycles. The van der Waals surface area contributed by atoms with E-state index in [1.165, 1.54) is 0 Å². The molecule has 0 aliphatic heterocycles. The minimum atomic E-state index is -3.38. The van der Waals surface area contributed by atoms with Crippen LogP contribution < -0.4 is 10.7 Å². The smallest absolute Gasteiger partial charge is 0.227 e. The van der Waals surface area contributed by atoms with Crippen LogP contribution >= 0.6 is 0 Å². The maximum absolute atomic E-state index is 11.9. The standard InChI is InChI=1S/C24H19NO5S/c1-31(28,29)17-21-15-22(26)24(27)23(30-21)16-25-20-13-11-19(12-14-20)10-6-5-9-18-7-3-2-4-8-18/h2-4,7-8,11-15,25,27H,16-17H2,1H3. The van der Waals surface area contributed by atoms with E-state index >= 15 is 0 Å². The number of nitrogens with one attached hydrogen (secondary N) is 1. The van der Waals surface area contributed by atoms with Crippen molar-refractivity contribution in [2.75, 3.05) is 11.6 Å². The number of anilines is 1. The first-order valence-corrected chi connectivity index (χ1v) is 11.3. The van der Waals surface area contributed by atoms with Crippen LogP contribution in [0.2, 0.25) is 0 Å². The minimum Gasteiger partial charge on any atom is -0.502 e. The molecule has 0 aliphatic rings. The van der Waals surface area contributed by atoms with E-state index in [-0.39, 0.29) is 18.1 Å². The van der Waals surface area contributed by atoms with Crippen LogP contribution in [0.5, 0.6) is 5.75 Å². The molecular weight excluding hydrogens is 414 g/mol. The summed E-state index contributed by atoms with van der Waals surface area (Å²) in [6.07, 6.45) is 1.04. The van der Waals surface area contributed by atoms with Gasteiger partial charge in [0, 0.05) is 29.1 Å². The fraction of sp³-hybridized carbons (Fsp3) is 0.125. The lowest BCUT2D eigenvalue weighted by Gasteiger charge is -2.09. The van der Waals surface area contributed by atoms with Gasteiger partial charge >= 0.3 is 0 Å². The van der Waals surface area contributed by atoms with E-state index in [0.29, 0.717) is 5.69 Å². The van der Waals surface area contributed by atoms with Crippen LogP contribution in [0.15, 0.2) is 69.9 Å². The zero-order chi connectivity index (χ0) is 22.3. The second-order valence-corrected chi connectivity index (χ2v) is 8.86. The van der Waals surface area contributed by atoms with E-state index in [1.54, 1.807) is 24.3 Å². The van der Waals surface area contributed by atoms with E-state index in [1.807, 2.05) is 30.3 Å². The highest BCUT2D eigenvalue weighted by molar-refractivity contribution is 7.89. The SMILES string of the molecule is CS(=O)(=O)Cc1cc(=O)c(O)c(CNc2ccc(C#CC#Cc3ccccc3)cc2)o1. The van der Waals surface area contributed by atoms with Gasteiger partial charge in [-0.05, 0) is 48.2 Å². The normalized spacial score (nSPS) is 10.4. The van der Waals surface area contributed by atoms with Crippen LogP contribution in [0.1, 0.15) is 22.6 Å². The van der Waals surface area contributed by atoms with Crippen LogP contribution in [-0.4, -0.2) is 19.8 Å². The van der Waals surface area contributed by atoms with E-state index in [2.05, 4.69) is 29.0 Å². The van der Waals surface area contributed by atoms with Gasteiger partial charge < -0.3 is 14.8 Å². The number of hydrogen-bond acceptors (Lipinski definition) is 6. The Hall–Kier alpha value is -3.94. The number of aromatic hydroxyl groups is 1. The molecule has 1 heterocycles. The number of rotatable bonds is 5. The molecule has 0 saturated carbocycles. The summed E-state index contributed by atoms with van der Waals surface area (Å²) >= 11 is 0. The van der Waals surface area contributed by atoms with Crippen LogP contribution in [-0.2, 0) is 22.1 Å². The summed E-state index contributed by atoms with van der Waals surface area (Å²) in [5.41, 5.74) is 1.68. The molecule has 0 amide bonds. The predicted molar refractivity (Wildman–Crippen MR) is 119 cm³/mol. The molecule has 3 rings (SSSR count). The van der Waals surface area contributed by atoms with E-state index in [0.717, 1.165) is 23.4 Å². The lowest BCUT2D eigenvalue weighted by molar-refractivity contribution is 0.390. The van der Waals surface area contributed by atoms with Crippen LogP contribution in [0, 0.1) is 23.7 Å². The van der Waals surface area contributed by atoms with Crippen LogP contribution in [0.25, 0.3) is 0 Å². The summed E-state index contributed by atoms with van der Waals surface area (Å²) in [5.74, 6) is 10.5. The topological polar surface area (TPSA) is 96.6 Å². The van der Waals surface area contributed by atoms with E-state index in [4.69, 9.17) is 4.42 Å². The Labute approximate surface area is 180 Å². The monoisotopic (exact) mass is 433 g/mol. The quantitative estimate of drug-likeness (QED) is 0.601. The van der Waals surface area contributed by atoms with Crippen molar-refractivity contribution in [1.82, 2.24) is 0 Å². The van der Waals surface area contributed by atoms with Gasteiger partial charge in [-0.2, -0.15) is 0 Å². The second-order valence-electron chi connectivity index (χ2n) is 6.72. The highest BCUT2D eigenvalue weighted by Gasteiger charge is 2.14. The van der Waals surface area contributed by atoms with Crippen molar-refractivity contribution in [3.8, 4) is 29.4 Å². The van der Waals surface area contributed by atoms with Crippen molar-refractivity contribution in [3.05, 3.63) is 93.5 Å². The summed E-state index contributed by atoms with van der Waals surface area (Å²) in [5, 5.41) is 12.9. The fourth-order valence-electron chi connectivity index (χ4n) is 2.62. The number of hydrogen-bond donors (Lipinski definition) is 2. The fourth-order valence-corrected chi connectivity index (χ4v) is 3.28. The average Bonchev–Trinajstić information content (AvgIpc) is 2.73. The molecule has 1 aromatic heterocycles. The van der Waals surface area contributed by atoms with Gasteiger partial charge in [0.25, 0.3) is 0 Å². The number of benzene rings is 2. The van der Waals surface area contributed by atoms with Gasteiger partial charge in [0.15, 0.2) is 15.6 Å². The minimum absolute atomic E-state index is 0.00620. The summed E-state index contributed by atoms with van der Waals surface area (Å²) in [6.45, 7) is 0.00620. The van der Waals surface area contributed by atoms with Gasteiger partial charge in [0.2, 0.25) is 11.2 Å². The molecule has 3 aromatic rings. The first-order valence-electron chi connectivity index (χ1n) is 9.24. The Morgan fingerprint density at radius 3 is 2.19 bits per heavy atom. The summed E-state index contributed by atoms with van der Waals surface area (Å²) in [4.78, 5) is 11.9. The Morgan fingerprint density at radius 2 is 1.58 bits per heavy atom. The summed E-state index contributed by atoms with van der Waals surface area (Å²) < 4.78 is 28.2. The maximum Gasteiger partial charge on any atom is 0.227 e. The van der Waals surface area contributed by atoms with Crippen molar-refractivity contribution in [2.45, 2.75) is 12.3 Å². The van der Waals surface area contributed by atoms with Gasteiger partial charge in [-0.1, -0.05) is 30.0 Å². The molecule has 7 heteroatoms. The molecule has 0 radical (unpaired) electrons. The van der Waals surface area contributed by atoms with Gasteiger partial charge in [-0.15, -0.1) is 0 Å². The molecule has 0 fully saturated rings. The van der Waals surface area contributed by atoms with Crippen molar-refractivity contribution < 1.29 is 17.9 Å². The van der Waals surface area contributed by atoms with E-state index in [9.17, 15) is 18.3 Å². The first-order chi connectivity index (χ1) is 14.8. The molecule has 2 N–H and O–H groups in total. The van der Waals surface area contributed by atoms with Gasteiger partial charge in [0.1, 0.15) is 11.5 Å². The number of sulfone groups is 1. The molecule has 0 bridgehead atoms. The molecule has 0 unspecified atom stereocenters. The zero-order valence-electron chi connectivity index (χ0n) is 16.7. The Kier molecular flexibility index (Phi) is 6.81. The highest BCUT2D eigenvalue weighted by atomic mass is 32.2. The van der Waals surface area contributed by atoms with Crippen molar-refractivity contribution >= 4 is 15.5 Å². The van der Waals surface area contributed by atoms with Crippen molar-refractivity contribution in [1.29, 1.82) is 0 Å². The molecule has 2 aromatic carbocycles. The Bertz CT molecular complexity index is 1350. The zero-order valence-corrected chi connectivity index (χ0v) is 17.5. The van der Waals surface area contributed by atoms with Crippen LogP contribution in [0.3, 0.4) is 0 Å². The largest absolute Gasteiger partial charge is 0.502 e. The highest BCUT2D eigenvalue weighted by Crippen LogP contribution is 2.18. The van der Waals surface area contributed by atoms with Crippen molar-refractivity contribution in [3.63, 3.8) is 0 Å². The van der Waals surface area contributed by atoms with Gasteiger partial charge in [-0.3, -0.25) is 4.79 Å². The molecule has 6 nitrogen and oxygen atoms in total. The van der Waals surface area contributed by atoms with Gasteiger partial charge in [0.05, 0.1) is 6.54 Å². The maximum atomic E-state index is 11.9. The molecule has 0 spiro atoms. The Balaban J connectivity index is 1.66.